The van der Waals surface area contributed by atoms with Crippen LogP contribution in [-0.2, 0) is 20.2 Å². The van der Waals surface area contributed by atoms with Crippen molar-refractivity contribution in [2.24, 2.45) is 0 Å². The Bertz CT molecular complexity index is 442. The number of rotatable bonds is 13. The molecule has 0 aliphatic carbocycles. The summed E-state index contributed by atoms with van der Waals surface area (Å²) in [5.41, 5.74) is 0. The molecule has 0 saturated carbocycles. The highest BCUT2D eigenvalue weighted by Crippen LogP contribution is 2.39. The van der Waals surface area contributed by atoms with E-state index in [4.69, 9.17) is 0 Å². The van der Waals surface area contributed by atoms with Crippen LogP contribution < -0.4 is 0 Å². The molecule has 2 atom stereocenters. The molecule has 0 aromatic heterocycles. The zero-order chi connectivity index (χ0) is 17.2. The average molecular weight is 395 g/mol. The normalized spacial score (nSPS) is 15.6. The Hall–Kier alpha value is 0.520. The molecule has 134 valence electrons. The molecular formula is C12H26O6S4. The molecule has 0 bridgehead atoms. The second-order valence-electron chi connectivity index (χ2n) is 5.07. The standard InChI is InChI=1S/C12H26O6S4/c1-3-5-7-9-11(21(13,14)15)19-20-12(22(16,17)18)10-8-6-4-2/h11-12H,3-10H2,1-2H3,(H,13,14,15)(H,16,17,18). The van der Waals surface area contributed by atoms with E-state index in [9.17, 15) is 25.9 Å². The zero-order valence-corrected chi connectivity index (χ0v) is 16.2. The largest absolute Gasteiger partial charge is 0.285 e. The molecule has 6 nitrogen and oxygen atoms in total. The lowest BCUT2D eigenvalue weighted by molar-refractivity contribution is 0.472. The third kappa shape index (κ3) is 10.3. The average Bonchev–Trinajstić information content (AvgIpc) is 2.37. The van der Waals surface area contributed by atoms with Crippen molar-refractivity contribution in [3.05, 3.63) is 0 Å². The monoisotopic (exact) mass is 394 g/mol. The van der Waals surface area contributed by atoms with Gasteiger partial charge in [0.15, 0.2) is 0 Å². The molecule has 0 amide bonds. The van der Waals surface area contributed by atoms with E-state index in [1.54, 1.807) is 0 Å². The van der Waals surface area contributed by atoms with Gasteiger partial charge >= 0.3 is 0 Å². The molecule has 0 saturated heterocycles. The van der Waals surface area contributed by atoms with Crippen molar-refractivity contribution in [2.45, 2.75) is 74.4 Å². The molecule has 0 spiro atoms. The molecule has 2 N–H and O–H groups in total. The van der Waals surface area contributed by atoms with Gasteiger partial charge in [0.25, 0.3) is 20.2 Å². The first-order valence-electron chi connectivity index (χ1n) is 7.37. The molecule has 0 fully saturated rings. The summed E-state index contributed by atoms with van der Waals surface area (Å²) < 4.78 is 61.8. The Morgan fingerprint density at radius 1 is 0.727 bits per heavy atom. The van der Waals surface area contributed by atoms with Gasteiger partial charge in [0.05, 0.1) is 0 Å². The number of hydrogen-bond acceptors (Lipinski definition) is 6. The molecule has 2 unspecified atom stereocenters. The van der Waals surface area contributed by atoms with E-state index in [-0.39, 0.29) is 12.8 Å². The molecular weight excluding hydrogens is 368 g/mol. The zero-order valence-electron chi connectivity index (χ0n) is 13.0. The summed E-state index contributed by atoms with van der Waals surface area (Å²) in [6.07, 6.45) is 5.32. The SMILES string of the molecule is CCCCCC(SSC(CCCCC)S(=O)(=O)O)S(=O)(=O)O. The summed E-state index contributed by atoms with van der Waals surface area (Å²) in [7, 11) is -6.87. The predicted octanol–water partition coefficient (Wildman–Crippen LogP) is 3.96. The first-order chi connectivity index (χ1) is 10.1. The van der Waals surface area contributed by atoms with Gasteiger partial charge in [0.2, 0.25) is 0 Å². The van der Waals surface area contributed by atoms with Gasteiger partial charge in [-0.3, -0.25) is 9.11 Å². The molecule has 0 aromatic rings. The maximum absolute atomic E-state index is 11.4. The summed E-state index contributed by atoms with van der Waals surface area (Å²) in [4.78, 5) is 0. The van der Waals surface area contributed by atoms with Crippen LogP contribution in [0.1, 0.15) is 65.2 Å². The van der Waals surface area contributed by atoms with Gasteiger partial charge in [-0.2, -0.15) is 16.8 Å². The fraction of sp³-hybridized carbons (Fsp3) is 1.00. The van der Waals surface area contributed by atoms with Crippen LogP contribution >= 0.6 is 21.6 Å². The van der Waals surface area contributed by atoms with Crippen LogP contribution in [0.5, 0.6) is 0 Å². The molecule has 22 heavy (non-hydrogen) atoms. The number of unbranched alkanes of at least 4 members (excludes halogenated alkanes) is 4. The first kappa shape index (κ1) is 22.5. The second-order valence-corrected chi connectivity index (χ2v) is 11.5. The molecule has 10 heteroatoms. The van der Waals surface area contributed by atoms with Crippen molar-refractivity contribution in [3.8, 4) is 0 Å². The van der Waals surface area contributed by atoms with Crippen LogP contribution in [0, 0.1) is 0 Å². The van der Waals surface area contributed by atoms with Crippen molar-refractivity contribution in [1.29, 1.82) is 0 Å². The van der Waals surface area contributed by atoms with Gasteiger partial charge < -0.3 is 0 Å². The van der Waals surface area contributed by atoms with Crippen molar-refractivity contribution < 1.29 is 25.9 Å². The molecule has 0 radical (unpaired) electrons. The van der Waals surface area contributed by atoms with Crippen molar-refractivity contribution in [3.63, 3.8) is 0 Å². The van der Waals surface area contributed by atoms with Crippen molar-refractivity contribution in [1.82, 2.24) is 0 Å². The summed E-state index contributed by atoms with van der Waals surface area (Å²) in [6.45, 7) is 3.96. The third-order valence-corrected chi connectivity index (χ3v) is 10.3. The second kappa shape index (κ2) is 11.1. The summed E-state index contributed by atoms with van der Waals surface area (Å²) in [5, 5.41) is 0. The van der Waals surface area contributed by atoms with Crippen LogP contribution in [0.15, 0.2) is 0 Å². The number of hydrogen-bond donors (Lipinski definition) is 2. The topological polar surface area (TPSA) is 109 Å². The Morgan fingerprint density at radius 3 is 1.27 bits per heavy atom. The summed E-state index contributed by atoms with van der Waals surface area (Å²) in [5.74, 6) is 0. The Kier molecular flexibility index (Phi) is 11.4. The fourth-order valence-electron chi connectivity index (χ4n) is 1.74. The van der Waals surface area contributed by atoms with Gasteiger partial charge in [-0.05, 0) is 12.8 Å². The Balaban J connectivity index is 4.67. The molecule has 0 heterocycles. The van der Waals surface area contributed by atoms with Crippen LogP contribution in [0.25, 0.3) is 0 Å². The lowest BCUT2D eigenvalue weighted by atomic mass is 10.2. The minimum Gasteiger partial charge on any atom is -0.285 e. The van der Waals surface area contributed by atoms with Gasteiger partial charge in [0, 0.05) is 0 Å². The predicted molar refractivity (Wildman–Crippen MR) is 94.1 cm³/mol. The molecule has 0 aromatic carbocycles. The highest BCUT2D eigenvalue weighted by molar-refractivity contribution is 8.79. The summed E-state index contributed by atoms with van der Waals surface area (Å²) >= 11 is 0. The van der Waals surface area contributed by atoms with Crippen LogP contribution in [0.2, 0.25) is 0 Å². The maximum atomic E-state index is 11.4. The van der Waals surface area contributed by atoms with Crippen LogP contribution in [0.4, 0.5) is 0 Å². The maximum Gasteiger partial charge on any atom is 0.278 e. The van der Waals surface area contributed by atoms with E-state index in [0.717, 1.165) is 47.3 Å². The fourth-order valence-corrected chi connectivity index (χ4v) is 8.16. The van der Waals surface area contributed by atoms with Gasteiger partial charge in [-0.1, -0.05) is 74.0 Å². The van der Waals surface area contributed by atoms with Gasteiger partial charge in [0.1, 0.15) is 9.16 Å². The summed E-state index contributed by atoms with van der Waals surface area (Å²) in [6, 6.07) is 0. The highest BCUT2D eigenvalue weighted by Gasteiger charge is 2.29. The molecule has 0 aliphatic heterocycles. The smallest absolute Gasteiger partial charge is 0.278 e. The van der Waals surface area contributed by atoms with E-state index < -0.39 is 29.4 Å². The Labute approximate surface area is 142 Å². The van der Waals surface area contributed by atoms with E-state index in [2.05, 4.69) is 0 Å². The quantitative estimate of drug-likeness (QED) is 0.274. The molecule has 0 rings (SSSR count). The van der Waals surface area contributed by atoms with Crippen LogP contribution in [0.3, 0.4) is 0 Å². The van der Waals surface area contributed by atoms with E-state index >= 15 is 0 Å². The minimum atomic E-state index is -4.25. The lowest BCUT2D eigenvalue weighted by Crippen LogP contribution is -2.19. The minimum absolute atomic E-state index is 0.261. The van der Waals surface area contributed by atoms with E-state index in [1.165, 1.54) is 0 Å². The van der Waals surface area contributed by atoms with E-state index in [1.807, 2.05) is 13.8 Å². The van der Waals surface area contributed by atoms with Gasteiger partial charge in [-0.15, -0.1) is 0 Å². The Morgan fingerprint density at radius 2 is 1.05 bits per heavy atom. The molecule has 0 aliphatic rings. The lowest BCUT2D eigenvalue weighted by Gasteiger charge is -2.17. The third-order valence-electron chi connectivity index (χ3n) is 3.02. The van der Waals surface area contributed by atoms with Crippen molar-refractivity contribution >= 4 is 41.8 Å². The van der Waals surface area contributed by atoms with E-state index in [0.29, 0.717) is 12.8 Å². The van der Waals surface area contributed by atoms with Crippen LogP contribution in [-0.4, -0.2) is 35.1 Å². The van der Waals surface area contributed by atoms with Gasteiger partial charge in [-0.25, -0.2) is 0 Å². The highest BCUT2D eigenvalue weighted by atomic mass is 33.1. The first-order valence-corrected chi connectivity index (χ1v) is 12.7. The van der Waals surface area contributed by atoms with Crippen molar-refractivity contribution in [2.75, 3.05) is 0 Å².